The highest BCUT2D eigenvalue weighted by Gasteiger charge is 2.12. The molecule has 0 atom stereocenters. The van der Waals surface area contributed by atoms with Crippen molar-refractivity contribution in [2.45, 2.75) is 62.9 Å². The predicted molar refractivity (Wildman–Crippen MR) is 113 cm³/mol. The number of aromatic nitrogens is 1. The molecule has 0 radical (unpaired) electrons. The Kier molecular flexibility index (Phi) is 7.31. The number of rotatable bonds is 5. The van der Waals surface area contributed by atoms with Gasteiger partial charge in [-0.3, -0.25) is 0 Å². The average molecular weight is 408 g/mol. The van der Waals surface area contributed by atoms with E-state index in [0.717, 1.165) is 39.6 Å². The van der Waals surface area contributed by atoms with Gasteiger partial charge in [0.1, 0.15) is 5.03 Å². The average Bonchev–Trinajstić information content (AvgIpc) is 2.56. The van der Waals surface area contributed by atoms with Gasteiger partial charge in [-0.25, -0.2) is 9.98 Å². The quantitative estimate of drug-likeness (QED) is 0.488. The normalized spacial score (nSPS) is 11.2. The molecule has 1 aromatic carbocycles. The second-order valence-corrected chi connectivity index (χ2v) is 8.74. The maximum Gasteiger partial charge on any atom is 0.119 e. The molecule has 3 nitrogen and oxygen atoms in total. The molecule has 0 saturated heterocycles. The SMILES string of the molecule is CCc1cc(Sc2ncc(Cl)cc2Cl)cc(CC)c1N=C=NC(C)(C)C. The van der Waals surface area contributed by atoms with E-state index in [2.05, 4.69) is 47.0 Å². The van der Waals surface area contributed by atoms with Gasteiger partial charge in [-0.1, -0.05) is 48.8 Å². The molecule has 2 rings (SSSR count). The summed E-state index contributed by atoms with van der Waals surface area (Å²) in [4.78, 5) is 14.3. The number of hydrogen-bond donors (Lipinski definition) is 0. The number of benzene rings is 1. The summed E-state index contributed by atoms with van der Waals surface area (Å²) < 4.78 is 0. The number of nitrogens with zero attached hydrogens (tertiary/aromatic N) is 3. The Morgan fingerprint density at radius 3 is 2.19 bits per heavy atom. The summed E-state index contributed by atoms with van der Waals surface area (Å²) in [5.41, 5.74) is 3.10. The fraction of sp³-hybridized carbons (Fsp3) is 0.400. The smallest absolute Gasteiger partial charge is 0.119 e. The van der Waals surface area contributed by atoms with E-state index in [1.807, 2.05) is 20.8 Å². The molecule has 1 heterocycles. The second-order valence-electron chi connectivity index (χ2n) is 6.83. The van der Waals surface area contributed by atoms with Crippen LogP contribution in [0.3, 0.4) is 0 Å². The Morgan fingerprint density at radius 2 is 1.69 bits per heavy atom. The van der Waals surface area contributed by atoms with E-state index in [1.54, 1.807) is 12.3 Å². The number of hydrogen-bond acceptors (Lipinski definition) is 4. The minimum absolute atomic E-state index is 0.185. The Labute approximate surface area is 170 Å². The van der Waals surface area contributed by atoms with E-state index < -0.39 is 0 Å². The van der Waals surface area contributed by atoms with Crippen LogP contribution in [0, 0.1) is 0 Å². The molecule has 1 aromatic heterocycles. The highest BCUT2D eigenvalue weighted by atomic mass is 35.5. The fourth-order valence-electron chi connectivity index (χ4n) is 2.28. The van der Waals surface area contributed by atoms with Crippen molar-refractivity contribution in [1.82, 2.24) is 4.98 Å². The summed E-state index contributed by atoms with van der Waals surface area (Å²) in [6.45, 7) is 10.3. The largest absolute Gasteiger partial charge is 0.246 e. The molecule has 6 heteroatoms. The summed E-state index contributed by atoms with van der Waals surface area (Å²) in [5.74, 6) is 0. The van der Waals surface area contributed by atoms with Crippen molar-refractivity contribution in [3.8, 4) is 0 Å². The number of aliphatic imine (C=N–C) groups is 2. The summed E-state index contributed by atoms with van der Waals surface area (Å²) >= 11 is 13.7. The zero-order valence-electron chi connectivity index (χ0n) is 15.7. The number of halogens is 2. The molecule has 0 spiro atoms. The van der Waals surface area contributed by atoms with Crippen molar-refractivity contribution in [3.63, 3.8) is 0 Å². The van der Waals surface area contributed by atoms with Gasteiger partial charge >= 0.3 is 0 Å². The first-order valence-electron chi connectivity index (χ1n) is 8.55. The molecule has 0 N–H and O–H groups in total. The summed E-state index contributed by atoms with van der Waals surface area (Å²) in [6.07, 6.45) is 3.36. The van der Waals surface area contributed by atoms with Crippen molar-refractivity contribution in [3.05, 3.63) is 45.6 Å². The maximum absolute atomic E-state index is 6.26. The lowest BCUT2D eigenvalue weighted by Gasteiger charge is -2.12. The Bertz CT molecular complexity index is 826. The van der Waals surface area contributed by atoms with Crippen molar-refractivity contribution in [1.29, 1.82) is 0 Å². The van der Waals surface area contributed by atoms with Gasteiger partial charge in [0.15, 0.2) is 0 Å². The van der Waals surface area contributed by atoms with E-state index in [0.29, 0.717) is 10.0 Å². The van der Waals surface area contributed by atoms with Crippen LogP contribution >= 0.6 is 35.0 Å². The van der Waals surface area contributed by atoms with Crippen LogP contribution < -0.4 is 0 Å². The predicted octanol–water partition coefficient (Wildman–Crippen LogP) is 7.27. The molecule has 0 aliphatic heterocycles. The molecule has 0 aliphatic carbocycles. The minimum atomic E-state index is -0.185. The molecule has 0 bridgehead atoms. The Morgan fingerprint density at radius 1 is 1.08 bits per heavy atom. The zero-order chi connectivity index (χ0) is 19.3. The van der Waals surface area contributed by atoms with Gasteiger partial charge in [0.25, 0.3) is 0 Å². The van der Waals surface area contributed by atoms with E-state index in [1.165, 1.54) is 11.8 Å². The van der Waals surface area contributed by atoms with Crippen LogP contribution in [0.15, 0.2) is 44.3 Å². The van der Waals surface area contributed by atoms with Gasteiger partial charge in [0.2, 0.25) is 0 Å². The van der Waals surface area contributed by atoms with E-state index in [4.69, 9.17) is 23.2 Å². The second kappa shape index (κ2) is 9.05. The topological polar surface area (TPSA) is 37.6 Å². The van der Waals surface area contributed by atoms with Crippen molar-refractivity contribution in [2.75, 3.05) is 0 Å². The molecular formula is C20H23Cl2N3S. The van der Waals surface area contributed by atoms with Gasteiger partial charge in [-0.2, -0.15) is 4.99 Å². The lowest BCUT2D eigenvalue weighted by atomic mass is 10.0. The molecule has 0 amide bonds. The fourth-order valence-corrected chi connectivity index (χ4v) is 3.67. The molecule has 0 saturated carbocycles. The third-order valence-corrected chi connectivity index (χ3v) is 5.14. The molecule has 0 fully saturated rings. The monoisotopic (exact) mass is 407 g/mol. The van der Waals surface area contributed by atoms with Crippen molar-refractivity contribution < 1.29 is 0 Å². The molecule has 2 aromatic rings. The molecule has 0 aliphatic rings. The standard InChI is InChI=1S/C20H23Cl2N3S/c1-6-13-8-16(26-19-17(22)10-15(21)11-23-19)9-14(7-2)18(13)24-12-25-20(3,4)5/h8-11H,6-7H2,1-5H3. The summed E-state index contributed by atoms with van der Waals surface area (Å²) in [7, 11) is 0. The van der Waals surface area contributed by atoms with Gasteiger partial charge in [0, 0.05) is 11.1 Å². The van der Waals surface area contributed by atoms with Crippen molar-refractivity contribution >= 4 is 46.7 Å². The zero-order valence-corrected chi connectivity index (χ0v) is 18.1. The number of aryl methyl sites for hydroxylation is 2. The van der Waals surface area contributed by atoms with Gasteiger partial charge in [-0.05, 0) is 62.9 Å². The minimum Gasteiger partial charge on any atom is -0.246 e. The first-order chi connectivity index (χ1) is 12.2. The molecule has 0 unspecified atom stereocenters. The van der Waals surface area contributed by atoms with Crippen LogP contribution in [0.1, 0.15) is 45.7 Å². The van der Waals surface area contributed by atoms with Gasteiger partial charge in [0.05, 0.1) is 27.3 Å². The first kappa shape index (κ1) is 21.0. The Balaban J connectivity index is 2.43. The first-order valence-corrected chi connectivity index (χ1v) is 10.1. The third-order valence-electron chi connectivity index (χ3n) is 3.54. The third kappa shape index (κ3) is 5.85. The molecule has 26 heavy (non-hydrogen) atoms. The van der Waals surface area contributed by atoms with Gasteiger partial charge in [-0.15, -0.1) is 0 Å². The van der Waals surface area contributed by atoms with E-state index in [-0.39, 0.29) is 5.54 Å². The van der Waals surface area contributed by atoms with Crippen LogP contribution in [-0.4, -0.2) is 16.5 Å². The van der Waals surface area contributed by atoms with Gasteiger partial charge < -0.3 is 0 Å². The number of pyridine rings is 1. The van der Waals surface area contributed by atoms with Crippen LogP contribution in [-0.2, 0) is 12.8 Å². The summed E-state index contributed by atoms with van der Waals surface area (Å²) in [6, 6.07) is 8.85. The molecular weight excluding hydrogens is 385 g/mol. The lowest BCUT2D eigenvalue weighted by molar-refractivity contribution is 0.587. The van der Waals surface area contributed by atoms with E-state index >= 15 is 0 Å². The van der Waals surface area contributed by atoms with Crippen LogP contribution in [0.4, 0.5) is 5.69 Å². The highest BCUT2D eigenvalue weighted by Crippen LogP contribution is 2.37. The Hall–Kier alpha value is -1.32. The van der Waals surface area contributed by atoms with E-state index in [9.17, 15) is 0 Å². The highest BCUT2D eigenvalue weighted by molar-refractivity contribution is 7.99. The summed E-state index contributed by atoms with van der Waals surface area (Å²) in [5, 5.41) is 1.83. The maximum atomic E-state index is 6.26. The van der Waals surface area contributed by atoms with Crippen LogP contribution in [0.5, 0.6) is 0 Å². The lowest BCUT2D eigenvalue weighted by Crippen LogP contribution is -2.08. The van der Waals surface area contributed by atoms with Crippen LogP contribution in [0.2, 0.25) is 10.0 Å². The van der Waals surface area contributed by atoms with Crippen molar-refractivity contribution in [2.24, 2.45) is 9.98 Å². The van der Waals surface area contributed by atoms with Crippen LogP contribution in [0.25, 0.3) is 0 Å². The molecule has 138 valence electrons.